The summed E-state index contributed by atoms with van der Waals surface area (Å²) in [5.41, 5.74) is 2.67. The van der Waals surface area contributed by atoms with Gasteiger partial charge < -0.3 is 0 Å². The topological polar surface area (TPSA) is 0 Å². The van der Waals surface area contributed by atoms with Gasteiger partial charge in [-0.1, -0.05) is 78.1 Å². The van der Waals surface area contributed by atoms with Crippen LogP contribution in [0, 0.1) is 5.92 Å². The van der Waals surface area contributed by atoms with E-state index in [1.165, 1.54) is 11.1 Å². The van der Waals surface area contributed by atoms with Crippen LogP contribution in [-0.4, -0.2) is 3.92 Å². The van der Waals surface area contributed by atoms with Crippen LogP contribution < -0.4 is 0 Å². The molecule has 0 saturated heterocycles. The summed E-state index contributed by atoms with van der Waals surface area (Å²) >= 11 is 2.50. The summed E-state index contributed by atoms with van der Waals surface area (Å²) in [4.78, 5) is 0. The molecule has 72 valence electrons. The lowest BCUT2D eigenvalue weighted by Crippen LogP contribution is -2.08. The highest BCUT2D eigenvalue weighted by molar-refractivity contribution is 14.1. The van der Waals surface area contributed by atoms with Gasteiger partial charge in [-0.05, 0) is 17.1 Å². The number of halogens is 1. The molecule has 1 aromatic carbocycles. The third kappa shape index (κ3) is 2.08. The number of alkyl halides is 1. The fourth-order valence-corrected chi connectivity index (χ4v) is 2.19. The quantitative estimate of drug-likeness (QED) is 0.541. The third-order valence-corrected chi connectivity index (χ3v) is 4.02. The van der Waals surface area contributed by atoms with E-state index >= 15 is 0 Å². The van der Waals surface area contributed by atoms with Crippen molar-refractivity contribution in [3.05, 3.63) is 54.1 Å². The monoisotopic (exact) mass is 296 g/mol. The molecule has 0 bridgehead atoms. The van der Waals surface area contributed by atoms with Gasteiger partial charge in [0, 0.05) is 3.92 Å². The second-order valence-corrected chi connectivity index (χ2v) is 5.09. The van der Waals surface area contributed by atoms with E-state index in [0.717, 1.165) is 0 Å². The first-order valence-electron chi connectivity index (χ1n) is 4.87. The first kappa shape index (κ1) is 9.97. The second kappa shape index (κ2) is 4.30. The molecule has 0 spiro atoms. The van der Waals surface area contributed by atoms with Gasteiger partial charge in [0.25, 0.3) is 0 Å². The van der Waals surface area contributed by atoms with Crippen LogP contribution in [0.15, 0.2) is 48.6 Å². The van der Waals surface area contributed by atoms with Gasteiger partial charge in [0.1, 0.15) is 0 Å². The van der Waals surface area contributed by atoms with E-state index in [-0.39, 0.29) is 0 Å². The summed E-state index contributed by atoms with van der Waals surface area (Å²) in [5.74, 6) is 0.656. The van der Waals surface area contributed by atoms with Crippen molar-refractivity contribution in [1.82, 2.24) is 0 Å². The van der Waals surface area contributed by atoms with E-state index in [4.69, 9.17) is 0 Å². The molecule has 0 amide bonds. The summed E-state index contributed by atoms with van der Waals surface area (Å²) < 4.78 is 0.618. The number of allylic oxidation sites excluding steroid dienone is 4. The van der Waals surface area contributed by atoms with Crippen LogP contribution in [0.1, 0.15) is 12.5 Å². The van der Waals surface area contributed by atoms with Crippen molar-refractivity contribution in [1.29, 1.82) is 0 Å². The normalized spacial score (nSPS) is 26.0. The maximum atomic E-state index is 2.50. The minimum Gasteiger partial charge on any atom is -0.0797 e. The Morgan fingerprint density at radius 3 is 2.50 bits per heavy atom. The highest BCUT2D eigenvalue weighted by atomic mass is 127. The Hall–Kier alpha value is -0.570. The molecule has 0 aliphatic heterocycles. The van der Waals surface area contributed by atoms with Gasteiger partial charge in [-0.2, -0.15) is 0 Å². The SMILES string of the molecule is C[C@H]1C=CC(c2ccccc2)=CC1I. The summed E-state index contributed by atoms with van der Waals surface area (Å²) in [5, 5.41) is 0. The molecule has 2 rings (SSSR count). The van der Waals surface area contributed by atoms with Gasteiger partial charge in [-0.25, -0.2) is 0 Å². The molecule has 14 heavy (non-hydrogen) atoms. The standard InChI is InChI=1S/C13H13I/c1-10-7-8-12(9-13(10)14)11-5-3-2-4-6-11/h2-10,13H,1H3/t10-,13?/m0/s1. The molecule has 0 aromatic heterocycles. The van der Waals surface area contributed by atoms with E-state index in [1.54, 1.807) is 0 Å². The highest BCUT2D eigenvalue weighted by Gasteiger charge is 2.13. The number of rotatable bonds is 1. The molecule has 1 heteroatoms. The van der Waals surface area contributed by atoms with Crippen molar-refractivity contribution >= 4 is 28.2 Å². The van der Waals surface area contributed by atoms with E-state index in [2.05, 4.69) is 78.1 Å². The number of benzene rings is 1. The lowest BCUT2D eigenvalue weighted by molar-refractivity contribution is 0.775. The number of hydrogen-bond acceptors (Lipinski definition) is 0. The molecule has 1 aliphatic carbocycles. The Morgan fingerprint density at radius 1 is 1.14 bits per heavy atom. The molecule has 0 fully saturated rings. The maximum Gasteiger partial charge on any atom is 0.0358 e. The molecule has 1 unspecified atom stereocenters. The van der Waals surface area contributed by atoms with Crippen LogP contribution in [0.25, 0.3) is 5.57 Å². The third-order valence-electron chi connectivity index (χ3n) is 2.53. The van der Waals surface area contributed by atoms with E-state index in [1.807, 2.05) is 0 Å². The van der Waals surface area contributed by atoms with Crippen LogP contribution in [-0.2, 0) is 0 Å². The average Bonchev–Trinajstić information content (AvgIpc) is 2.23. The van der Waals surface area contributed by atoms with Crippen molar-refractivity contribution in [3.8, 4) is 0 Å². The summed E-state index contributed by atoms with van der Waals surface area (Å²) in [6.45, 7) is 2.26. The smallest absolute Gasteiger partial charge is 0.0358 e. The van der Waals surface area contributed by atoms with E-state index in [0.29, 0.717) is 9.84 Å². The lowest BCUT2D eigenvalue weighted by Gasteiger charge is -2.17. The largest absolute Gasteiger partial charge is 0.0797 e. The van der Waals surface area contributed by atoms with Crippen LogP contribution in [0.5, 0.6) is 0 Å². The van der Waals surface area contributed by atoms with Crippen LogP contribution in [0.4, 0.5) is 0 Å². The fourth-order valence-electron chi connectivity index (χ4n) is 1.56. The molecular weight excluding hydrogens is 283 g/mol. The molecule has 0 N–H and O–H groups in total. The molecule has 0 nitrogen and oxygen atoms in total. The fraction of sp³-hybridized carbons (Fsp3) is 0.231. The first-order valence-corrected chi connectivity index (χ1v) is 6.11. The van der Waals surface area contributed by atoms with Crippen molar-refractivity contribution < 1.29 is 0 Å². The Morgan fingerprint density at radius 2 is 1.86 bits per heavy atom. The predicted molar refractivity (Wildman–Crippen MR) is 70.5 cm³/mol. The Kier molecular flexibility index (Phi) is 3.06. The Labute approximate surface area is 98.9 Å². The minimum absolute atomic E-state index is 0.618. The summed E-state index contributed by atoms with van der Waals surface area (Å²) in [6, 6.07) is 10.6. The molecular formula is C13H13I. The number of hydrogen-bond donors (Lipinski definition) is 0. The van der Waals surface area contributed by atoms with Gasteiger partial charge in [-0.15, -0.1) is 0 Å². The van der Waals surface area contributed by atoms with Crippen molar-refractivity contribution in [2.75, 3.05) is 0 Å². The zero-order valence-electron chi connectivity index (χ0n) is 8.15. The van der Waals surface area contributed by atoms with Gasteiger partial charge in [0.15, 0.2) is 0 Å². The van der Waals surface area contributed by atoms with Gasteiger partial charge in [0.2, 0.25) is 0 Å². The van der Waals surface area contributed by atoms with Crippen LogP contribution in [0.2, 0.25) is 0 Å². The van der Waals surface area contributed by atoms with Crippen molar-refractivity contribution in [2.24, 2.45) is 5.92 Å². The Balaban J connectivity index is 2.30. The minimum atomic E-state index is 0.618. The van der Waals surface area contributed by atoms with E-state index < -0.39 is 0 Å². The van der Waals surface area contributed by atoms with E-state index in [9.17, 15) is 0 Å². The zero-order chi connectivity index (χ0) is 9.97. The van der Waals surface area contributed by atoms with Crippen molar-refractivity contribution in [2.45, 2.75) is 10.8 Å². The first-order chi connectivity index (χ1) is 6.77. The molecule has 0 saturated carbocycles. The lowest BCUT2D eigenvalue weighted by atomic mass is 9.94. The predicted octanol–water partition coefficient (Wildman–Crippen LogP) is 4.08. The molecule has 1 aromatic rings. The van der Waals surface area contributed by atoms with Crippen LogP contribution in [0.3, 0.4) is 0 Å². The molecule has 2 atom stereocenters. The van der Waals surface area contributed by atoms with Gasteiger partial charge in [-0.3, -0.25) is 0 Å². The van der Waals surface area contributed by atoms with Gasteiger partial charge >= 0.3 is 0 Å². The van der Waals surface area contributed by atoms with Crippen LogP contribution >= 0.6 is 22.6 Å². The maximum absolute atomic E-state index is 2.50. The van der Waals surface area contributed by atoms with Crippen molar-refractivity contribution in [3.63, 3.8) is 0 Å². The Bertz CT molecular complexity index is 362. The molecule has 1 aliphatic rings. The molecule has 0 heterocycles. The molecule has 0 radical (unpaired) electrons. The average molecular weight is 296 g/mol. The summed E-state index contributed by atoms with van der Waals surface area (Å²) in [7, 11) is 0. The highest BCUT2D eigenvalue weighted by Crippen LogP contribution is 2.28. The zero-order valence-corrected chi connectivity index (χ0v) is 10.3. The summed E-state index contributed by atoms with van der Waals surface area (Å²) in [6.07, 6.45) is 6.87. The second-order valence-electron chi connectivity index (χ2n) is 3.65. The van der Waals surface area contributed by atoms with Gasteiger partial charge in [0.05, 0.1) is 0 Å².